The van der Waals surface area contributed by atoms with E-state index in [9.17, 15) is 0 Å². The fourth-order valence-electron chi connectivity index (χ4n) is 2.36. The quantitative estimate of drug-likeness (QED) is 0.708. The number of rotatable bonds is 3. The summed E-state index contributed by atoms with van der Waals surface area (Å²) in [5.74, 6) is 1.94. The SMILES string of the molecule is CCC1CCCC1CNC(C)(C)C. The molecule has 1 N–H and O–H groups in total. The van der Waals surface area contributed by atoms with E-state index in [0.717, 1.165) is 11.8 Å². The molecule has 0 aromatic heterocycles. The molecule has 0 bridgehead atoms. The van der Waals surface area contributed by atoms with Crippen LogP contribution in [0.2, 0.25) is 0 Å². The predicted molar refractivity (Wildman–Crippen MR) is 58.9 cm³/mol. The molecule has 0 aliphatic heterocycles. The van der Waals surface area contributed by atoms with Gasteiger partial charge in [0.15, 0.2) is 0 Å². The predicted octanol–water partition coefficient (Wildman–Crippen LogP) is 3.20. The summed E-state index contributed by atoms with van der Waals surface area (Å²) in [6.07, 6.45) is 5.74. The van der Waals surface area contributed by atoms with Gasteiger partial charge in [-0.2, -0.15) is 0 Å². The highest BCUT2D eigenvalue weighted by Crippen LogP contribution is 2.33. The minimum absolute atomic E-state index is 0.293. The maximum atomic E-state index is 3.63. The molecule has 0 aromatic carbocycles. The normalized spacial score (nSPS) is 29.5. The number of hydrogen-bond donors (Lipinski definition) is 1. The number of nitrogens with one attached hydrogen (secondary N) is 1. The first-order valence-corrected chi connectivity index (χ1v) is 5.78. The Labute approximate surface area is 83.3 Å². The fourth-order valence-corrected chi connectivity index (χ4v) is 2.36. The minimum Gasteiger partial charge on any atom is -0.312 e. The van der Waals surface area contributed by atoms with Gasteiger partial charge in [-0.15, -0.1) is 0 Å². The third-order valence-corrected chi connectivity index (χ3v) is 3.24. The molecule has 0 amide bonds. The molecule has 1 nitrogen and oxygen atoms in total. The van der Waals surface area contributed by atoms with Crippen molar-refractivity contribution in [2.45, 2.75) is 58.9 Å². The van der Waals surface area contributed by atoms with Gasteiger partial charge >= 0.3 is 0 Å². The van der Waals surface area contributed by atoms with Crippen molar-refractivity contribution in [1.29, 1.82) is 0 Å². The maximum absolute atomic E-state index is 3.63. The van der Waals surface area contributed by atoms with E-state index in [1.54, 1.807) is 0 Å². The molecule has 0 heterocycles. The van der Waals surface area contributed by atoms with Crippen molar-refractivity contribution in [3.05, 3.63) is 0 Å². The molecule has 2 unspecified atom stereocenters. The van der Waals surface area contributed by atoms with Crippen LogP contribution in [0.15, 0.2) is 0 Å². The smallest absolute Gasteiger partial charge is 0.00966 e. The molecule has 1 aliphatic rings. The molecule has 0 saturated heterocycles. The molecular weight excluding hydrogens is 158 g/mol. The average Bonchev–Trinajstić information content (AvgIpc) is 2.46. The lowest BCUT2D eigenvalue weighted by Crippen LogP contribution is -2.39. The van der Waals surface area contributed by atoms with Gasteiger partial charge < -0.3 is 5.32 Å². The summed E-state index contributed by atoms with van der Waals surface area (Å²) in [4.78, 5) is 0. The Morgan fingerprint density at radius 1 is 1.15 bits per heavy atom. The van der Waals surface area contributed by atoms with Gasteiger partial charge in [0.05, 0.1) is 0 Å². The maximum Gasteiger partial charge on any atom is 0.00966 e. The highest BCUT2D eigenvalue weighted by atomic mass is 14.9. The van der Waals surface area contributed by atoms with E-state index >= 15 is 0 Å². The van der Waals surface area contributed by atoms with Crippen LogP contribution in [0.25, 0.3) is 0 Å². The second-order valence-electron chi connectivity index (χ2n) is 5.49. The van der Waals surface area contributed by atoms with Gasteiger partial charge in [-0.3, -0.25) is 0 Å². The number of hydrogen-bond acceptors (Lipinski definition) is 1. The molecule has 78 valence electrons. The summed E-state index contributed by atoms with van der Waals surface area (Å²) in [6, 6.07) is 0. The van der Waals surface area contributed by atoms with Crippen molar-refractivity contribution in [3.63, 3.8) is 0 Å². The van der Waals surface area contributed by atoms with Gasteiger partial charge in [-0.1, -0.05) is 26.2 Å². The van der Waals surface area contributed by atoms with Crippen molar-refractivity contribution in [3.8, 4) is 0 Å². The second kappa shape index (κ2) is 4.45. The van der Waals surface area contributed by atoms with Crippen LogP contribution < -0.4 is 5.32 Å². The molecule has 0 aromatic rings. The molecule has 0 radical (unpaired) electrons. The average molecular weight is 183 g/mol. The van der Waals surface area contributed by atoms with E-state index in [4.69, 9.17) is 0 Å². The van der Waals surface area contributed by atoms with Gasteiger partial charge in [-0.05, 0) is 45.6 Å². The van der Waals surface area contributed by atoms with Crippen LogP contribution in [0.5, 0.6) is 0 Å². The Morgan fingerprint density at radius 2 is 1.77 bits per heavy atom. The van der Waals surface area contributed by atoms with Crippen LogP contribution in [-0.4, -0.2) is 12.1 Å². The van der Waals surface area contributed by atoms with E-state index in [1.807, 2.05) is 0 Å². The van der Waals surface area contributed by atoms with Gasteiger partial charge in [0.2, 0.25) is 0 Å². The summed E-state index contributed by atoms with van der Waals surface area (Å²) in [5, 5.41) is 3.63. The monoisotopic (exact) mass is 183 g/mol. The standard InChI is InChI=1S/C12H25N/c1-5-10-7-6-8-11(10)9-13-12(2,3)4/h10-11,13H,5-9H2,1-4H3. The summed E-state index contributed by atoms with van der Waals surface area (Å²) in [6.45, 7) is 10.3. The van der Waals surface area contributed by atoms with E-state index in [2.05, 4.69) is 33.0 Å². The molecule has 1 saturated carbocycles. The summed E-state index contributed by atoms with van der Waals surface area (Å²) in [7, 11) is 0. The van der Waals surface area contributed by atoms with E-state index < -0.39 is 0 Å². The first-order chi connectivity index (χ1) is 6.03. The first-order valence-electron chi connectivity index (χ1n) is 5.78. The zero-order chi connectivity index (χ0) is 9.90. The molecule has 1 heteroatoms. The highest BCUT2D eigenvalue weighted by molar-refractivity contribution is 4.81. The van der Waals surface area contributed by atoms with Crippen molar-refractivity contribution in [1.82, 2.24) is 5.32 Å². The third-order valence-electron chi connectivity index (χ3n) is 3.24. The van der Waals surface area contributed by atoms with E-state index in [0.29, 0.717) is 5.54 Å². The van der Waals surface area contributed by atoms with Gasteiger partial charge in [-0.25, -0.2) is 0 Å². The fraction of sp³-hybridized carbons (Fsp3) is 1.00. The Morgan fingerprint density at radius 3 is 2.31 bits per heavy atom. The minimum atomic E-state index is 0.293. The van der Waals surface area contributed by atoms with E-state index in [1.165, 1.54) is 32.2 Å². The molecule has 0 spiro atoms. The molecule has 1 fully saturated rings. The van der Waals surface area contributed by atoms with Crippen molar-refractivity contribution in [2.75, 3.05) is 6.54 Å². The molecule has 1 aliphatic carbocycles. The van der Waals surface area contributed by atoms with Crippen molar-refractivity contribution < 1.29 is 0 Å². The van der Waals surface area contributed by atoms with Crippen molar-refractivity contribution in [2.24, 2.45) is 11.8 Å². The van der Waals surface area contributed by atoms with Gasteiger partial charge in [0, 0.05) is 5.54 Å². The van der Waals surface area contributed by atoms with Crippen LogP contribution in [0.3, 0.4) is 0 Å². The molecular formula is C12H25N. The van der Waals surface area contributed by atoms with E-state index in [-0.39, 0.29) is 0 Å². The molecule has 2 atom stereocenters. The zero-order valence-corrected chi connectivity index (χ0v) is 9.69. The Kier molecular flexibility index (Phi) is 3.78. The lowest BCUT2D eigenvalue weighted by Gasteiger charge is -2.26. The summed E-state index contributed by atoms with van der Waals surface area (Å²) < 4.78 is 0. The largest absolute Gasteiger partial charge is 0.312 e. The topological polar surface area (TPSA) is 12.0 Å². The summed E-state index contributed by atoms with van der Waals surface area (Å²) in [5.41, 5.74) is 0.293. The molecule has 13 heavy (non-hydrogen) atoms. The Bertz CT molecular complexity index is 146. The summed E-state index contributed by atoms with van der Waals surface area (Å²) >= 11 is 0. The zero-order valence-electron chi connectivity index (χ0n) is 9.69. The Balaban J connectivity index is 2.28. The van der Waals surface area contributed by atoms with Crippen LogP contribution in [0.1, 0.15) is 53.4 Å². The lowest BCUT2D eigenvalue weighted by atomic mass is 9.93. The van der Waals surface area contributed by atoms with Crippen LogP contribution in [0.4, 0.5) is 0 Å². The van der Waals surface area contributed by atoms with Crippen LogP contribution in [0, 0.1) is 11.8 Å². The first kappa shape index (κ1) is 11.0. The third kappa shape index (κ3) is 3.68. The van der Waals surface area contributed by atoms with Gasteiger partial charge in [0.1, 0.15) is 0 Å². The van der Waals surface area contributed by atoms with Crippen molar-refractivity contribution >= 4 is 0 Å². The van der Waals surface area contributed by atoms with Crippen LogP contribution >= 0.6 is 0 Å². The highest BCUT2D eigenvalue weighted by Gasteiger charge is 2.26. The lowest BCUT2D eigenvalue weighted by molar-refractivity contribution is 0.313. The second-order valence-corrected chi connectivity index (χ2v) is 5.49. The Hall–Kier alpha value is -0.0400. The van der Waals surface area contributed by atoms with Crippen LogP contribution in [-0.2, 0) is 0 Å². The van der Waals surface area contributed by atoms with Gasteiger partial charge in [0.25, 0.3) is 0 Å². The molecule has 1 rings (SSSR count).